The van der Waals surface area contributed by atoms with Crippen molar-refractivity contribution in [2.45, 2.75) is 25.5 Å². The van der Waals surface area contributed by atoms with Gasteiger partial charge in [0.1, 0.15) is 11.9 Å². The third-order valence-corrected chi connectivity index (χ3v) is 4.45. The summed E-state index contributed by atoms with van der Waals surface area (Å²) in [6.07, 6.45) is 6.51. The summed E-state index contributed by atoms with van der Waals surface area (Å²) >= 11 is 0. The van der Waals surface area contributed by atoms with Gasteiger partial charge in [0.05, 0.1) is 12.8 Å². The monoisotopic (exact) mass is 318 g/mol. The van der Waals surface area contributed by atoms with Crippen LogP contribution in [-0.4, -0.2) is 66.2 Å². The van der Waals surface area contributed by atoms with Gasteiger partial charge in [0.25, 0.3) is 0 Å². The topological polar surface area (TPSA) is 64.2 Å². The van der Waals surface area contributed by atoms with Gasteiger partial charge < -0.3 is 19.7 Å². The number of rotatable bonds is 5. The molecule has 3 rings (SSSR count). The van der Waals surface area contributed by atoms with E-state index in [0.29, 0.717) is 18.3 Å². The van der Waals surface area contributed by atoms with Gasteiger partial charge in [-0.15, -0.1) is 0 Å². The Morgan fingerprint density at radius 1 is 1.48 bits per heavy atom. The van der Waals surface area contributed by atoms with Gasteiger partial charge in [-0.2, -0.15) is 0 Å². The molecule has 0 saturated carbocycles. The molecule has 0 aliphatic carbocycles. The van der Waals surface area contributed by atoms with E-state index >= 15 is 0 Å². The molecule has 126 valence electrons. The fraction of sp³-hybridized carbons (Fsp3) is 0.588. The molecule has 1 aromatic heterocycles. The lowest BCUT2D eigenvalue weighted by Gasteiger charge is -2.25. The number of aliphatic hydroxyl groups is 1. The van der Waals surface area contributed by atoms with Crippen LogP contribution in [-0.2, 0) is 0 Å². The van der Waals surface area contributed by atoms with Crippen LogP contribution in [0.25, 0.3) is 0 Å². The van der Waals surface area contributed by atoms with Gasteiger partial charge in [-0.05, 0) is 25.5 Å². The van der Waals surface area contributed by atoms with E-state index in [1.807, 2.05) is 0 Å². The van der Waals surface area contributed by atoms with Crippen molar-refractivity contribution < 1.29 is 9.52 Å². The molecule has 0 bridgehead atoms. The first-order valence-corrected chi connectivity index (χ1v) is 8.41. The summed E-state index contributed by atoms with van der Waals surface area (Å²) in [7, 11) is 0. The van der Waals surface area contributed by atoms with Gasteiger partial charge in [-0.3, -0.25) is 4.90 Å². The predicted molar refractivity (Wildman–Crippen MR) is 90.3 cm³/mol. The maximum Gasteiger partial charge on any atom is 0.194 e. The van der Waals surface area contributed by atoms with Crippen molar-refractivity contribution in [2.24, 2.45) is 4.99 Å². The molecule has 0 aromatic carbocycles. The van der Waals surface area contributed by atoms with Crippen molar-refractivity contribution in [3.8, 4) is 0 Å². The number of aliphatic hydroxyl groups excluding tert-OH is 1. The van der Waals surface area contributed by atoms with Gasteiger partial charge >= 0.3 is 0 Å². The van der Waals surface area contributed by atoms with Crippen LogP contribution in [0.5, 0.6) is 0 Å². The van der Waals surface area contributed by atoms with Gasteiger partial charge in [0.2, 0.25) is 0 Å². The quantitative estimate of drug-likeness (QED) is 0.486. The van der Waals surface area contributed by atoms with Crippen LogP contribution >= 0.6 is 0 Å². The van der Waals surface area contributed by atoms with Crippen LogP contribution < -0.4 is 5.32 Å². The van der Waals surface area contributed by atoms with Crippen molar-refractivity contribution in [1.82, 2.24) is 15.1 Å². The zero-order valence-electron chi connectivity index (χ0n) is 13.7. The van der Waals surface area contributed by atoms with Gasteiger partial charge in [-0.25, -0.2) is 4.99 Å². The van der Waals surface area contributed by atoms with Crippen molar-refractivity contribution in [3.05, 3.63) is 36.3 Å². The number of guanidine groups is 1. The maximum atomic E-state index is 10.1. The Morgan fingerprint density at radius 2 is 2.30 bits per heavy atom. The highest BCUT2D eigenvalue weighted by atomic mass is 16.4. The molecule has 0 amide bonds. The summed E-state index contributed by atoms with van der Waals surface area (Å²) < 4.78 is 5.23. The fourth-order valence-corrected chi connectivity index (χ4v) is 3.19. The Kier molecular flexibility index (Phi) is 5.35. The van der Waals surface area contributed by atoms with E-state index in [-0.39, 0.29) is 0 Å². The lowest BCUT2D eigenvalue weighted by atomic mass is 10.2. The Labute approximate surface area is 137 Å². The van der Waals surface area contributed by atoms with Crippen molar-refractivity contribution in [2.75, 3.05) is 39.3 Å². The molecule has 2 aliphatic rings. The molecular formula is C17H26N4O2. The predicted octanol–water partition coefficient (Wildman–Crippen LogP) is 1.22. The number of nitrogens with one attached hydrogen (secondary N) is 1. The molecule has 0 spiro atoms. The second kappa shape index (κ2) is 7.66. The Morgan fingerprint density at radius 3 is 3.00 bits per heavy atom. The summed E-state index contributed by atoms with van der Waals surface area (Å²) in [4.78, 5) is 9.39. The third-order valence-electron chi connectivity index (χ3n) is 4.45. The first kappa shape index (κ1) is 16.1. The van der Waals surface area contributed by atoms with Gasteiger partial charge in [-0.1, -0.05) is 12.2 Å². The first-order valence-electron chi connectivity index (χ1n) is 8.41. The zero-order valence-corrected chi connectivity index (χ0v) is 13.7. The normalized spacial score (nSPS) is 23.7. The summed E-state index contributed by atoms with van der Waals surface area (Å²) in [5, 5.41) is 13.5. The van der Waals surface area contributed by atoms with Crippen LogP contribution in [0.15, 0.2) is 40.0 Å². The molecule has 0 radical (unpaired) electrons. The molecule has 3 heterocycles. The zero-order chi connectivity index (χ0) is 16.1. The number of hydrogen-bond acceptors (Lipinski definition) is 4. The minimum Gasteiger partial charge on any atom is -0.467 e. The highest BCUT2D eigenvalue weighted by molar-refractivity contribution is 5.80. The number of hydrogen-bond donors (Lipinski definition) is 2. The highest BCUT2D eigenvalue weighted by Crippen LogP contribution is 2.18. The number of furan rings is 1. The lowest BCUT2D eigenvalue weighted by molar-refractivity contribution is 0.158. The van der Waals surface area contributed by atoms with Crippen LogP contribution in [0.1, 0.15) is 25.2 Å². The van der Waals surface area contributed by atoms with E-state index in [4.69, 9.17) is 4.42 Å². The van der Waals surface area contributed by atoms with Gasteiger partial charge in [0, 0.05) is 38.8 Å². The lowest BCUT2D eigenvalue weighted by Crippen LogP contribution is -2.43. The third kappa shape index (κ3) is 3.95. The minimum atomic E-state index is -0.695. The molecule has 2 aliphatic heterocycles. The fourth-order valence-electron chi connectivity index (χ4n) is 3.19. The van der Waals surface area contributed by atoms with Crippen LogP contribution in [0, 0.1) is 0 Å². The van der Waals surface area contributed by atoms with E-state index in [2.05, 4.69) is 39.2 Å². The first-order chi connectivity index (χ1) is 11.3. The molecule has 1 fully saturated rings. The molecule has 6 nitrogen and oxygen atoms in total. The van der Waals surface area contributed by atoms with Crippen molar-refractivity contribution in [3.63, 3.8) is 0 Å². The number of nitrogens with zero attached hydrogens (tertiary/aromatic N) is 3. The van der Waals surface area contributed by atoms with E-state index in [1.165, 1.54) is 0 Å². The maximum absolute atomic E-state index is 10.1. The molecule has 1 saturated heterocycles. The molecule has 2 unspecified atom stereocenters. The molecule has 2 N–H and O–H groups in total. The van der Waals surface area contributed by atoms with Gasteiger partial charge in [0.15, 0.2) is 5.96 Å². The van der Waals surface area contributed by atoms with E-state index in [0.717, 1.165) is 45.1 Å². The summed E-state index contributed by atoms with van der Waals surface area (Å²) in [6.45, 7) is 7.31. The smallest absolute Gasteiger partial charge is 0.194 e. The molecule has 2 atom stereocenters. The Bertz CT molecular complexity index is 533. The average molecular weight is 318 g/mol. The summed E-state index contributed by atoms with van der Waals surface area (Å²) in [5.74, 6) is 1.44. The minimum absolute atomic E-state index is 0.308. The van der Waals surface area contributed by atoms with Crippen LogP contribution in [0.2, 0.25) is 0 Å². The summed E-state index contributed by atoms with van der Waals surface area (Å²) in [6, 6.07) is 4.14. The van der Waals surface area contributed by atoms with E-state index < -0.39 is 6.10 Å². The van der Waals surface area contributed by atoms with Crippen LogP contribution in [0.3, 0.4) is 0 Å². The highest BCUT2D eigenvalue weighted by Gasteiger charge is 2.29. The molecule has 6 heteroatoms. The number of aliphatic imine (C=N–C) groups is 1. The Hall–Kier alpha value is -1.79. The SMILES string of the molecule is CCNC(=NCC(O)c1ccco1)N1CCC(N2CC=CC2)C1. The molecular weight excluding hydrogens is 292 g/mol. The molecule has 23 heavy (non-hydrogen) atoms. The van der Waals surface area contributed by atoms with Crippen molar-refractivity contribution in [1.29, 1.82) is 0 Å². The summed E-state index contributed by atoms with van der Waals surface area (Å²) in [5.41, 5.74) is 0. The molecule has 1 aromatic rings. The number of likely N-dealkylation sites (tertiary alicyclic amines) is 1. The van der Waals surface area contributed by atoms with E-state index in [1.54, 1.807) is 18.4 Å². The van der Waals surface area contributed by atoms with Crippen molar-refractivity contribution >= 4 is 5.96 Å². The average Bonchev–Trinajstić information content (AvgIpc) is 3.32. The van der Waals surface area contributed by atoms with E-state index in [9.17, 15) is 5.11 Å². The largest absolute Gasteiger partial charge is 0.467 e. The standard InChI is InChI=1S/C17H26N4O2/c1-2-18-17(19-12-15(22)16-6-5-11-23-16)21-10-7-14(13-21)20-8-3-4-9-20/h3-6,11,14-15,22H,2,7-10,12-13H2,1H3,(H,18,19). The second-order valence-electron chi connectivity index (χ2n) is 6.04. The second-order valence-corrected chi connectivity index (χ2v) is 6.04. The van der Waals surface area contributed by atoms with Crippen LogP contribution in [0.4, 0.5) is 0 Å². The Balaban J connectivity index is 1.58.